The van der Waals surface area contributed by atoms with E-state index in [1.807, 2.05) is 60.7 Å². The molecule has 1 aliphatic heterocycles. The minimum absolute atomic E-state index is 0.00541. The summed E-state index contributed by atoms with van der Waals surface area (Å²) in [4.78, 5) is 29.2. The Hall–Kier alpha value is -2.66. The second-order valence-electron chi connectivity index (χ2n) is 7.56. The minimum atomic E-state index is -0.287. The fourth-order valence-corrected chi connectivity index (χ4v) is 3.74. The fourth-order valence-electron chi connectivity index (χ4n) is 3.74. The van der Waals surface area contributed by atoms with Crippen molar-refractivity contribution in [2.75, 3.05) is 27.2 Å². The van der Waals surface area contributed by atoms with Gasteiger partial charge in [0, 0.05) is 26.6 Å². The minimum Gasteiger partial charge on any atom is -0.352 e. The Morgan fingerprint density at radius 2 is 1.57 bits per heavy atom. The van der Waals surface area contributed by atoms with Crippen molar-refractivity contribution in [2.24, 2.45) is 5.92 Å². The van der Waals surface area contributed by atoms with Crippen LogP contribution in [0.15, 0.2) is 60.7 Å². The van der Waals surface area contributed by atoms with E-state index in [0.717, 1.165) is 37.1 Å². The summed E-state index contributed by atoms with van der Waals surface area (Å²) in [5.74, 6) is 0.197. The third kappa shape index (κ3) is 4.98. The van der Waals surface area contributed by atoms with Crippen LogP contribution in [0.3, 0.4) is 0 Å². The normalized spacial score (nSPS) is 16.4. The number of amides is 2. The van der Waals surface area contributed by atoms with Gasteiger partial charge >= 0.3 is 0 Å². The lowest BCUT2D eigenvalue weighted by atomic mass is 9.93. The zero-order valence-electron chi connectivity index (χ0n) is 16.7. The number of likely N-dealkylation sites (N-methyl/N-ethyl adjacent to an activating group) is 1. The van der Waals surface area contributed by atoms with E-state index in [4.69, 9.17) is 0 Å². The van der Waals surface area contributed by atoms with E-state index in [-0.39, 0.29) is 23.8 Å². The largest absolute Gasteiger partial charge is 0.352 e. The molecule has 5 heteroatoms. The Morgan fingerprint density at radius 1 is 1.00 bits per heavy atom. The van der Waals surface area contributed by atoms with Crippen LogP contribution in [0.2, 0.25) is 0 Å². The Morgan fingerprint density at radius 3 is 2.14 bits per heavy atom. The molecule has 0 aliphatic carbocycles. The van der Waals surface area contributed by atoms with Crippen molar-refractivity contribution in [3.05, 3.63) is 71.8 Å². The molecule has 1 N–H and O–H groups in total. The van der Waals surface area contributed by atoms with Gasteiger partial charge in [-0.05, 0) is 37.1 Å². The van der Waals surface area contributed by atoms with Crippen molar-refractivity contribution in [1.82, 2.24) is 15.1 Å². The average molecular weight is 380 g/mol. The van der Waals surface area contributed by atoms with E-state index in [2.05, 4.69) is 10.2 Å². The highest BCUT2D eigenvalue weighted by atomic mass is 16.2. The summed E-state index contributed by atoms with van der Waals surface area (Å²) in [7, 11) is 3.59. The monoisotopic (exact) mass is 379 g/mol. The predicted octanol–water partition coefficient (Wildman–Crippen LogP) is 2.84. The van der Waals surface area contributed by atoms with Crippen molar-refractivity contribution >= 4 is 11.8 Å². The average Bonchev–Trinajstić information content (AvgIpc) is 2.74. The third-order valence-electron chi connectivity index (χ3n) is 5.37. The Kier molecular flexibility index (Phi) is 6.82. The van der Waals surface area contributed by atoms with Crippen molar-refractivity contribution < 1.29 is 9.59 Å². The number of nitrogens with one attached hydrogen (secondary N) is 1. The van der Waals surface area contributed by atoms with Crippen LogP contribution in [0.25, 0.3) is 0 Å². The van der Waals surface area contributed by atoms with Gasteiger partial charge in [0.2, 0.25) is 11.8 Å². The van der Waals surface area contributed by atoms with Gasteiger partial charge in [0.05, 0.1) is 0 Å². The first-order valence-electron chi connectivity index (χ1n) is 9.88. The summed E-state index contributed by atoms with van der Waals surface area (Å²) in [5, 5.41) is 3.05. The highest BCUT2D eigenvalue weighted by Gasteiger charge is 2.33. The molecular weight excluding hydrogens is 350 g/mol. The van der Waals surface area contributed by atoms with Crippen LogP contribution < -0.4 is 5.32 Å². The van der Waals surface area contributed by atoms with Gasteiger partial charge in [-0.1, -0.05) is 60.7 Å². The van der Waals surface area contributed by atoms with Crippen molar-refractivity contribution in [1.29, 1.82) is 0 Å². The van der Waals surface area contributed by atoms with Crippen molar-refractivity contribution in [2.45, 2.75) is 25.4 Å². The molecular formula is C23H29N3O2. The molecule has 1 saturated heterocycles. The molecule has 28 heavy (non-hydrogen) atoms. The molecule has 0 bridgehead atoms. The zero-order chi connectivity index (χ0) is 19.9. The molecule has 0 saturated carbocycles. The van der Waals surface area contributed by atoms with E-state index in [1.54, 1.807) is 19.0 Å². The molecule has 3 rings (SSSR count). The third-order valence-corrected chi connectivity index (χ3v) is 5.37. The predicted molar refractivity (Wildman–Crippen MR) is 110 cm³/mol. The molecule has 0 aromatic heterocycles. The van der Waals surface area contributed by atoms with Gasteiger partial charge < -0.3 is 10.2 Å². The topological polar surface area (TPSA) is 52.7 Å². The van der Waals surface area contributed by atoms with Gasteiger partial charge in [-0.25, -0.2) is 0 Å². The summed E-state index contributed by atoms with van der Waals surface area (Å²) >= 11 is 0. The van der Waals surface area contributed by atoms with Crippen molar-refractivity contribution in [3.63, 3.8) is 0 Å². The quantitative estimate of drug-likeness (QED) is 0.840. The Labute approximate surface area is 167 Å². The Bertz CT molecular complexity index is 769. The maximum Gasteiger partial charge on any atom is 0.244 e. The molecule has 1 heterocycles. The maximum atomic E-state index is 12.8. The summed E-state index contributed by atoms with van der Waals surface area (Å²) < 4.78 is 0. The standard InChI is InChI=1S/C23H29N3O2/c1-25(2)23(28)21(19-11-7-4-8-12-19)26-15-13-20(14-16-26)22(27)24-17-18-9-5-3-6-10-18/h3-12,20-21H,13-17H2,1-2H3,(H,24,27). The summed E-state index contributed by atoms with van der Waals surface area (Å²) in [6.45, 7) is 2.04. The number of benzene rings is 2. The van der Waals surface area contributed by atoms with Gasteiger partial charge in [-0.15, -0.1) is 0 Å². The molecule has 1 fully saturated rings. The molecule has 2 aromatic carbocycles. The SMILES string of the molecule is CN(C)C(=O)C(c1ccccc1)N1CCC(C(=O)NCc2ccccc2)CC1. The van der Waals surface area contributed by atoms with E-state index in [0.29, 0.717) is 6.54 Å². The molecule has 0 spiro atoms. The molecule has 0 radical (unpaired) electrons. The summed E-state index contributed by atoms with van der Waals surface area (Å²) in [5.41, 5.74) is 2.11. The number of carbonyl (C=O) groups excluding carboxylic acids is 2. The van der Waals surface area contributed by atoms with Crippen LogP contribution in [0, 0.1) is 5.92 Å². The maximum absolute atomic E-state index is 12.8. The second-order valence-corrected chi connectivity index (χ2v) is 7.56. The molecule has 1 atom stereocenters. The van der Waals surface area contributed by atoms with E-state index in [9.17, 15) is 9.59 Å². The number of carbonyl (C=O) groups is 2. The van der Waals surface area contributed by atoms with Gasteiger partial charge in [0.1, 0.15) is 6.04 Å². The zero-order valence-corrected chi connectivity index (χ0v) is 16.7. The lowest BCUT2D eigenvalue weighted by Gasteiger charge is -2.37. The number of likely N-dealkylation sites (tertiary alicyclic amines) is 1. The van der Waals surface area contributed by atoms with E-state index < -0.39 is 0 Å². The van der Waals surface area contributed by atoms with Gasteiger partial charge in [0.15, 0.2) is 0 Å². The summed E-state index contributed by atoms with van der Waals surface area (Å²) in [6.07, 6.45) is 1.54. The number of piperidine rings is 1. The number of hydrogen-bond donors (Lipinski definition) is 1. The molecule has 5 nitrogen and oxygen atoms in total. The molecule has 2 amide bonds. The first kappa shape index (κ1) is 20.1. The van der Waals surface area contributed by atoms with E-state index in [1.165, 1.54) is 0 Å². The second kappa shape index (κ2) is 9.51. The highest BCUT2D eigenvalue weighted by molar-refractivity contribution is 5.83. The molecule has 148 valence electrons. The fraction of sp³-hybridized carbons (Fsp3) is 0.391. The Balaban J connectivity index is 1.59. The van der Waals surface area contributed by atoms with Gasteiger partial charge in [-0.3, -0.25) is 14.5 Å². The number of nitrogens with zero attached hydrogens (tertiary/aromatic N) is 2. The number of rotatable bonds is 6. The lowest BCUT2D eigenvalue weighted by molar-refractivity contribution is -0.136. The molecule has 2 aromatic rings. The first-order valence-corrected chi connectivity index (χ1v) is 9.88. The molecule has 1 unspecified atom stereocenters. The first-order chi connectivity index (χ1) is 13.6. The summed E-state index contributed by atoms with van der Waals surface area (Å²) in [6, 6.07) is 19.6. The van der Waals surface area contributed by atoms with Gasteiger partial charge in [0.25, 0.3) is 0 Å². The highest BCUT2D eigenvalue weighted by Crippen LogP contribution is 2.28. The lowest BCUT2D eigenvalue weighted by Crippen LogP contribution is -2.46. The van der Waals surface area contributed by atoms with Crippen LogP contribution in [-0.2, 0) is 16.1 Å². The van der Waals surface area contributed by atoms with Crippen LogP contribution in [0.5, 0.6) is 0 Å². The van der Waals surface area contributed by atoms with Crippen LogP contribution in [0.1, 0.15) is 30.0 Å². The smallest absolute Gasteiger partial charge is 0.244 e. The van der Waals surface area contributed by atoms with Crippen LogP contribution in [-0.4, -0.2) is 48.8 Å². The van der Waals surface area contributed by atoms with E-state index >= 15 is 0 Å². The molecule has 1 aliphatic rings. The van der Waals surface area contributed by atoms with Gasteiger partial charge in [-0.2, -0.15) is 0 Å². The van der Waals surface area contributed by atoms with Crippen molar-refractivity contribution in [3.8, 4) is 0 Å². The van der Waals surface area contributed by atoms with Crippen LogP contribution >= 0.6 is 0 Å². The van der Waals surface area contributed by atoms with Crippen LogP contribution in [0.4, 0.5) is 0 Å². The number of hydrogen-bond acceptors (Lipinski definition) is 3.